The Morgan fingerprint density at radius 1 is 0.887 bits per heavy atom. The molecule has 53 heavy (non-hydrogen) atoms. The van der Waals surface area contributed by atoms with Gasteiger partial charge in [-0.1, -0.05) is 23.7 Å². The summed E-state index contributed by atoms with van der Waals surface area (Å²) >= 11 is 6.67. The van der Waals surface area contributed by atoms with Crippen LogP contribution in [0.2, 0.25) is 5.02 Å². The third-order valence-corrected chi connectivity index (χ3v) is 12.0. The van der Waals surface area contributed by atoms with Crippen LogP contribution in [0.3, 0.4) is 0 Å². The summed E-state index contributed by atoms with van der Waals surface area (Å²) in [6.07, 6.45) is -0.604. The second kappa shape index (κ2) is 15.0. The van der Waals surface area contributed by atoms with E-state index in [2.05, 4.69) is 4.90 Å². The minimum atomic E-state index is -4.66. The highest BCUT2D eigenvalue weighted by atomic mass is 35.5. The SMILES string of the molecule is COc1ccc(S(=O)(=O)N2C(=O)C(c3ccc(CN4CCN(C(C)=O)CC4)cc3OC)(N3CCC[C@@H]3OC(=O)N(C)C)c3cc(Cl)ccc32)c(OC)c1. The second-order valence-corrected chi connectivity index (χ2v) is 15.5. The highest BCUT2D eigenvalue weighted by molar-refractivity contribution is 7.93. The van der Waals surface area contributed by atoms with Crippen molar-refractivity contribution in [3.63, 3.8) is 0 Å². The van der Waals surface area contributed by atoms with E-state index >= 15 is 4.79 Å². The zero-order valence-corrected chi connectivity index (χ0v) is 32.2. The fraction of sp³-hybridized carbons (Fsp3) is 0.432. The van der Waals surface area contributed by atoms with Crippen molar-refractivity contribution in [1.82, 2.24) is 19.6 Å². The Labute approximate surface area is 314 Å². The predicted octanol–water partition coefficient (Wildman–Crippen LogP) is 4.13. The molecule has 1 unspecified atom stereocenters. The van der Waals surface area contributed by atoms with Crippen molar-refractivity contribution in [2.45, 2.75) is 43.0 Å². The van der Waals surface area contributed by atoms with Gasteiger partial charge in [0.25, 0.3) is 15.9 Å². The summed E-state index contributed by atoms with van der Waals surface area (Å²) < 4.78 is 53.3. The first-order valence-electron chi connectivity index (χ1n) is 17.2. The minimum Gasteiger partial charge on any atom is -0.497 e. The van der Waals surface area contributed by atoms with Gasteiger partial charge in [-0.05, 0) is 54.8 Å². The molecule has 3 aliphatic heterocycles. The average Bonchev–Trinajstić information content (AvgIpc) is 3.70. The summed E-state index contributed by atoms with van der Waals surface area (Å²) in [7, 11) is 2.74. The maximum absolute atomic E-state index is 15.6. The van der Waals surface area contributed by atoms with E-state index < -0.39 is 33.8 Å². The van der Waals surface area contributed by atoms with Gasteiger partial charge < -0.3 is 28.7 Å². The molecule has 2 atom stereocenters. The summed E-state index contributed by atoms with van der Waals surface area (Å²) in [4.78, 5) is 47.3. The van der Waals surface area contributed by atoms with Gasteiger partial charge in [0.1, 0.15) is 22.1 Å². The molecule has 16 heteroatoms. The lowest BCUT2D eigenvalue weighted by Crippen LogP contribution is -2.57. The van der Waals surface area contributed by atoms with Crippen LogP contribution in [0.4, 0.5) is 10.5 Å². The zero-order chi connectivity index (χ0) is 38.2. The van der Waals surface area contributed by atoms with Crippen LogP contribution < -0.4 is 18.5 Å². The number of halogens is 1. The molecular weight excluding hydrogens is 726 g/mol. The molecule has 3 aromatic rings. The first-order valence-corrected chi connectivity index (χ1v) is 19.0. The van der Waals surface area contributed by atoms with Crippen molar-refractivity contribution >= 4 is 45.2 Å². The molecule has 0 radical (unpaired) electrons. The summed E-state index contributed by atoms with van der Waals surface area (Å²) in [5.74, 6) is -0.110. The molecular formula is C37H44ClN5O9S. The molecule has 0 N–H and O–H groups in total. The lowest BCUT2D eigenvalue weighted by molar-refractivity contribution is -0.132. The van der Waals surface area contributed by atoms with Gasteiger partial charge in [0.15, 0.2) is 11.8 Å². The van der Waals surface area contributed by atoms with Gasteiger partial charge in [0, 0.05) is 82.5 Å². The predicted molar refractivity (Wildman–Crippen MR) is 197 cm³/mol. The fourth-order valence-corrected chi connectivity index (χ4v) is 9.21. The second-order valence-electron chi connectivity index (χ2n) is 13.3. The zero-order valence-electron chi connectivity index (χ0n) is 30.6. The number of amides is 3. The molecule has 0 bridgehead atoms. The number of benzene rings is 3. The molecule has 2 saturated heterocycles. The van der Waals surface area contributed by atoms with Crippen LogP contribution in [0.1, 0.15) is 36.5 Å². The molecule has 14 nitrogen and oxygen atoms in total. The summed E-state index contributed by atoms with van der Waals surface area (Å²) in [6, 6.07) is 14.4. The number of carbonyl (C=O) groups is 3. The quantitative estimate of drug-likeness (QED) is 0.294. The minimum absolute atomic E-state index is 0.0183. The Morgan fingerprint density at radius 3 is 2.25 bits per heavy atom. The van der Waals surface area contributed by atoms with Gasteiger partial charge in [-0.3, -0.25) is 14.5 Å². The summed E-state index contributed by atoms with van der Waals surface area (Å²) in [6.45, 7) is 5.00. The van der Waals surface area contributed by atoms with Crippen molar-refractivity contribution in [3.8, 4) is 17.2 Å². The maximum Gasteiger partial charge on any atom is 0.410 e. The van der Waals surface area contributed by atoms with Gasteiger partial charge in [0.05, 0.1) is 27.0 Å². The molecule has 0 saturated carbocycles. The number of hydrogen-bond acceptors (Lipinski definition) is 11. The van der Waals surface area contributed by atoms with Gasteiger partial charge in [-0.2, -0.15) is 0 Å². The molecule has 0 spiro atoms. The normalized spacial score (nSPS) is 20.7. The van der Waals surface area contributed by atoms with E-state index in [1.54, 1.807) is 38.1 Å². The molecule has 0 aliphatic carbocycles. The Bertz CT molecular complexity index is 2020. The average molecular weight is 770 g/mol. The molecule has 0 aromatic heterocycles. The van der Waals surface area contributed by atoms with E-state index in [1.807, 2.05) is 17.0 Å². The first kappa shape index (κ1) is 38.2. The van der Waals surface area contributed by atoms with Crippen molar-refractivity contribution < 1.29 is 41.7 Å². The van der Waals surface area contributed by atoms with Crippen LogP contribution in [0, 0.1) is 0 Å². The van der Waals surface area contributed by atoms with Crippen molar-refractivity contribution in [2.24, 2.45) is 0 Å². The van der Waals surface area contributed by atoms with E-state index in [9.17, 15) is 18.0 Å². The Hall–Kier alpha value is -4.57. The Kier molecular flexibility index (Phi) is 10.8. The largest absolute Gasteiger partial charge is 0.497 e. The van der Waals surface area contributed by atoms with Gasteiger partial charge in [-0.25, -0.2) is 22.4 Å². The van der Waals surface area contributed by atoms with Crippen LogP contribution in [0.25, 0.3) is 0 Å². The van der Waals surface area contributed by atoms with Crippen LogP contribution >= 0.6 is 11.6 Å². The number of fused-ring (bicyclic) bond motifs is 1. The van der Waals surface area contributed by atoms with Crippen molar-refractivity contribution in [3.05, 3.63) is 76.3 Å². The van der Waals surface area contributed by atoms with Crippen LogP contribution in [0.15, 0.2) is 59.5 Å². The van der Waals surface area contributed by atoms with E-state index in [1.165, 1.54) is 56.6 Å². The van der Waals surface area contributed by atoms with Gasteiger partial charge in [0.2, 0.25) is 5.91 Å². The number of hydrogen-bond donors (Lipinski definition) is 0. The number of piperazine rings is 1. The fourth-order valence-electron chi connectivity index (χ4n) is 7.44. The van der Waals surface area contributed by atoms with Crippen LogP contribution in [-0.4, -0.2) is 120 Å². The number of carbonyl (C=O) groups excluding carboxylic acids is 3. The maximum atomic E-state index is 15.6. The number of methoxy groups -OCH3 is 3. The molecule has 6 rings (SSSR count). The molecule has 3 aromatic carbocycles. The summed E-state index contributed by atoms with van der Waals surface area (Å²) in [5, 5.41) is 0.267. The lowest BCUT2D eigenvalue weighted by atomic mass is 9.81. The van der Waals surface area contributed by atoms with E-state index in [4.69, 9.17) is 30.5 Å². The Balaban J connectivity index is 1.54. The molecule has 2 fully saturated rings. The number of ether oxygens (including phenoxy) is 4. The Morgan fingerprint density at radius 2 is 1.60 bits per heavy atom. The first-order chi connectivity index (χ1) is 25.3. The third kappa shape index (κ3) is 6.75. The summed E-state index contributed by atoms with van der Waals surface area (Å²) in [5.41, 5.74) is -0.275. The molecule has 3 amide bonds. The molecule has 284 valence electrons. The number of nitrogens with zero attached hydrogens (tertiary/aromatic N) is 5. The smallest absolute Gasteiger partial charge is 0.410 e. The van der Waals surface area contributed by atoms with E-state index in [0.717, 1.165) is 9.87 Å². The van der Waals surface area contributed by atoms with Gasteiger partial charge >= 0.3 is 6.09 Å². The van der Waals surface area contributed by atoms with E-state index in [-0.39, 0.29) is 39.4 Å². The number of sulfonamides is 1. The standard InChI is InChI=1S/C37H44ClN5O9S/c1-24(44)41-18-16-40(17-19-41)23-25-9-12-28(31(20-25)50-5)37(42-15-7-8-34(42)52-36(46)39(2)3)29-21-26(38)10-13-30(29)43(35(37)45)53(47,48)33-14-11-27(49-4)22-32(33)51-6/h9-14,20-22,34H,7-8,15-19,23H2,1-6H3/t34-,37?/m0/s1. The highest BCUT2D eigenvalue weighted by Crippen LogP contribution is 2.55. The third-order valence-electron chi connectivity index (χ3n) is 10.1. The van der Waals surface area contributed by atoms with E-state index in [0.29, 0.717) is 62.6 Å². The van der Waals surface area contributed by atoms with Crippen LogP contribution in [0.5, 0.6) is 17.2 Å². The van der Waals surface area contributed by atoms with Crippen molar-refractivity contribution in [2.75, 3.05) is 72.5 Å². The monoisotopic (exact) mass is 769 g/mol. The van der Waals surface area contributed by atoms with Crippen LogP contribution in [-0.2, 0) is 36.4 Å². The molecule has 3 heterocycles. The number of likely N-dealkylation sites (tertiary alicyclic amines) is 1. The topological polar surface area (TPSA) is 138 Å². The number of anilines is 1. The molecule has 3 aliphatic rings. The number of rotatable bonds is 10. The van der Waals surface area contributed by atoms with Crippen molar-refractivity contribution in [1.29, 1.82) is 0 Å². The highest BCUT2D eigenvalue weighted by Gasteiger charge is 2.63. The van der Waals surface area contributed by atoms with Gasteiger partial charge in [-0.15, -0.1) is 0 Å². The lowest BCUT2D eigenvalue weighted by Gasteiger charge is -2.41.